The number of piperidine rings is 1. The molecule has 192 valence electrons. The molecule has 1 aliphatic heterocycles. The zero-order chi connectivity index (χ0) is 26.3. The van der Waals surface area contributed by atoms with Gasteiger partial charge in [-0.1, -0.05) is 31.6 Å². The number of fused-ring (bicyclic) bond motifs is 1. The van der Waals surface area contributed by atoms with Gasteiger partial charge in [0.25, 0.3) is 0 Å². The standard InChI is InChI=1S/C32H38N4O/c1-21-27(16-29(37)25-12-8-9-23(15-25)18-33)19-34-31-30(21)28(20-35(31)5)26-13-14-36(32(3,4)17-26)22(2)24-10-6-7-11-24/h8-9,12,15,19-20,24,26H,2,6-7,10-11,13-14,16-17H2,1,3-5H3/t26-/m1/s1. The van der Waals surface area contributed by atoms with E-state index >= 15 is 0 Å². The summed E-state index contributed by atoms with van der Waals surface area (Å²) in [6, 6.07) is 9.08. The Morgan fingerprint density at radius 2 is 2.00 bits per heavy atom. The summed E-state index contributed by atoms with van der Waals surface area (Å²) in [5.74, 6) is 1.09. The molecular formula is C32H38N4O. The Labute approximate surface area is 220 Å². The fraction of sp³-hybridized carbons (Fsp3) is 0.469. The highest BCUT2D eigenvalue weighted by atomic mass is 16.1. The van der Waals surface area contributed by atoms with Crippen LogP contribution in [0.1, 0.15) is 90.9 Å². The molecule has 0 N–H and O–H groups in total. The van der Waals surface area contributed by atoms with Crippen molar-refractivity contribution >= 4 is 16.8 Å². The van der Waals surface area contributed by atoms with E-state index in [1.807, 2.05) is 6.20 Å². The molecule has 0 amide bonds. The summed E-state index contributed by atoms with van der Waals surface area (Å²) in [6.07, 6.45) is 11.8. The monoisotopic (exact) mass is 494 g/mol. The molecule has 5 heteroatoms. The van der Waals surface area contributed by atoms with Crippen LogP contribution in [0.15, 0.2) is 48.9 Å². The van der Waals surface area contributed by atoms with Crippen LogP contribution in [-0.2, 0) is 13.5 Å². The highest BCUT2D eigenvalue weighted by Gasteiger charge is 2.39. The molecule has 5 rings (SSSR count). The number of carbonyl (C=O) groups is 1. The van der Waals surface area contributed by atoms with Crippen LogP contribution in [0.25, 0.3) is 11.0 Å². The molecule has 1 saturated carbocycles. The van der Waals surface area contributed by atoms with Crippen molar-refractivity contribution in [2.24, 2.45) is 13.0 Å². The third-order valence-corrected chi connectivity index (χ3v) is 8.83. The largest absolute Gasteiger partial charge is 0.370 e. The van der Waals surface area contributed by atoms with E-state index in [0.29, 0.717) is 23.0 Å². The van der Waals surface area contributed by atoms with Gasteiger partial charge in [0.1, 0.15) is 5.65 Å². The minimum absolute atomic E-state index is 0.0127. The van der Waals surface area contributed by atoms with Crippen molar-refractivity contribution in [3.8, 4) is 6.07 Å². The van der Waals surface area contributed by atoms with Crippen LogP contribution in [-0.4, -0.2) is 32.3 Å². The van der Waals surface area contributed by atoms with Crippen molar-refractivity contribution in [1.82, 2.24) is 14.5 Å². The molecule has 2 aliphatic rings. The number of aryl methyl sites for hydroxylation is 2. The lowest BCUT2D eigenvalue weighted by molar-refractivity contribution is 0.0897. The average molecular weight is 495 g/mol. The second-order valence-corrected chi connectivity index (χ2v) is 11.7. The Bertz CT molecular complexity index is 1400. The van der Waals surface area contributed by atoms with E-state index in [1.165, 1.54) is 42.3 Å². The van der Waals surface area contributed by atoms with Crippen molar-refractivity contribution < 1.29 is 4.79 Å². The van der Waals surface area contributed by atoms with Crippen molar-refractivity contribution in [3.63, 3.8) is 0 Å². The lowest BCUT2D eigenvalue weighted by atomic mass is 9.77. The lowest BCUT2D eigenvalue weighted by Gasteiger charge is -2.49. The molecule has 1 aromatic carbocycles. The van der Waals surface area contributed by atoms with E-state index in [4.69, 9.17) is 4.98 Å². The number of nitrogens with zero attached hydrogens (tertiary/aromatic N) is 4. The van der Waals surface area contributed by atoms with Crippen LogP contribution < -0.4 is 0 Å². The van der Waals surface area contributed by atoms with E-state index in [2.05, 4.69) is 56.1 Å². The molecule has 2 aromatic heterocycles. The van der Waals surface area contributed by atoms with E-state index < -0.39 is 0 Å². The van der Waals surface area contributed by atoms with Gasteiger partial charge in [0.15, 0.2) is 5.78 Å². The Hall–Kier alpha value is -3.39. The van der Waals surface area contributed by atoms with Gasteiger partial charge in [0.05, 0.1) is 11.6 Å². The van der Waals surface area contributed by atoms with E-state index in [-0.39, 0.29) is 17.7 Å². The highest BCUT2D eigenvalue weighted by Crippen LogP contribution is 2.45. The van der Waals surface area contributed by atoms with Gasteiger partial charge in [-0.15, -0.1) is 0 Å². The zero-order valence-electron chi connectivity index (χ0n) is 22.7. The minimum Gasteiger partial charge on any atom is -0.370 e. The van der Waals surface area contributed by atoms with Crippen LogP contribution >= 0.6 is 0 Å². The second-order valence-electron chi connectivity index (χ2n) is 11.7. The molecule has 3 aromatic rings. The van der Waals surface area contributed by atoms with Gasteiger partial charge >= 0.3 is 0 Å². The summed E-state index contributed by atoms with van der Waals surface area (Å²) in [7, 11) is 2.07. The SMILES string of the molecule is C=C(C1CCCC1)N1CC[C@@H](c2cn(C)c3ncc(CC(=O)c4cccc(C#N)c4)c(C)c23)CC1(C)C. The van der Waals surface area contributed by atoms with E-state index in [1.54, 1.807) is 24.3 Å². The summed E-state index contributed by atoms with van der Waals surface area (Å²) in [5.41, 5.74) is 6.89. The first kappa shape index (κ1) is 25.3. The third-order valence-electron chi connectivity index (χ3n) is 8.83. The van der Waals surface area contributed by atoms with Gasteiger partial charge in [0, 0.05) is 54.6 Å². The molecule has 0 bridgehead atoms. The van der Waals surface area contributed by atoms with Gasteiger partial charge in [-0.05, 0) is 87.1 Å². The molecule has 0 unspecified atom stereocenters. The quantitative estimate of drug-likeness (QED) is 0.352. The van der Waals surface area contributed by atoms with Gasteiger partial charge in [-0.3, -0.25) is 4.79 Å². The van der Waals surface area contributed by atoms with Crippen molar-refractivity contribution in [3.05, 3.63) is 76.8 Å². The Balaban J connectivity index is 1.43. The summed E-state index contributed by atoms with van der Waals surface area (Å²) in [5, 5.41) is 10.4. The van der Waals surface area contributed by atoms with Crippen LogP contribution in [0.4, 0.5) is 0 Å². The summed E-state index contributed by atoms with van der Waals surface area (Å²) in [4.78, 5) is 20.5. The number of pyridine rings is 1. The fourth-order valence-corrected chi connectivity index (χ4v) is 6.78. The van der Waals surface area contributed by atoms with Crippen molar-refractivity contribution in [1.29, 1.82) is 5.26 Å². The number of carbonyl (C=O) groups excluding carboxylic acids is 1. The first-order chi connectivity index (χ1) is 17.7. The maximum atomic E-state index is 13.1. The molecular weight excluding hydrogens is 456 g/mol. The van der Waals surface area contributed by atoms with Crippen LogP contribution in [0.5, 0.6) is 0 Å². The molecule has 5 nitrogen and oxygen atoms in total. The highest BCUT2D eigenvalue weighted by molar-refractivity contribution is 5.98. The predicted octanol–water partition coefficient (Wildman–Crippen LogP) is 6.84. The van der Waals surface area contributed by atoms with Gasteiger partial charge < -0.3 is 9.47 Å². The number of likely N-dealkylation sites (tertiary alicyclic amines) is 1. The molecule has 37 heavy (non-hydrogen) atoms. The Morgan fingerprint density at radius 1 is 1.24 bits per heavy atom. The minimum atomic E-state index is 0.0127. The van der Waals surface area contributed by atoms with E-state index in [0.717, 1.165) is 36.2 Å². The number of Topliss-reactive ketones (excluding diaryl/α,β-unsaturated/α-hetero) is 1. The Kier molecular flexibility index (Phi) is 6.70. The maximum Gasteiger partial charge on any atom is 0.167 e. The predicted molar refractivity (Wildman–Crippen MR) is 149 cm³/mol. The lowest BCUT2D eigenvalue weighted by Crippen LogP contribution is -2.49. The van der Waals surface area contributed by atoms with Crippen LogP contribution in [0.3, 0.4) is 0 Å². The average Bonchev–Trinajstić information content (AvgIpc) is 3.53. The fourth-order valence-electron chi connectivity index (χ4n) is 6.78. The van der Waals surface area contributed by atoms with Gasteiger partial charge in [-0.2, -0.15) is 5.26 Å². The summed E-state index contributed by atoms with van der Waals surface area (Å²) in [6.45, 7) is 12.5. The molecule has 1 aliphatic carbocycles. The van der Waals surface area contributed by atoms with Gasteiger partial charge in [-0.25, -0.2) is 4.98 Å². The number of ketones is 1. The number of allylic oxidation sites excluding steroid dienone is 1. The number of hydrogen-bond donors (Lipinski definition) is 0. The van der Waals surface area contributed by atoms with Gasteiger partial charge in [0.2, 0.25) is 0 Å². The van der Waals surface area contributed by atoms with Crippen LogP contribution in [0.2, 0.25) is 0 Å². The topological polar surface area (TPSA) is 61.9 Å². The maximum absolute atomic E-state index is 13.1. The Morgan fingerprint density at radius 3 is 2.70 bits per heavy atom. The summed E-state index contributed by atoms with van der Waals surface area (Å²) < 4.78 is 2.14. The van der Waals surface area contributed by atoms with E-state index in [9.17, 15) is 10.1 Å². The molecule has 0 spiro atoms. The van der Waals surface area contributed by atoms with Crippen molar-refractivity contribution in [2.75, 3.05) is 6.54 Å². The number of aromatic nitrogens is 2. The third kappa shape index (κ3) is 4.70. The first-order valence-corrected chi connectivity index (χ1v) is 13.6. The number of benzene rings is 1. The molecule has 0 radical (unpaired) electrons. The molecule has 1 saturated heterocycles. The number of hydrogen-bond acceptors (Lipinski definition) is 4. The summed E-state index contributed by atoms with van der Waals surface area (Å²) >= 11 is 0. The molecule has 2 fully saturated rings. The zero-order valence-corrected chi connectivity index (χ0v) is 22.7. The normalized spacial score (nSPS) is 19.8. The molecule has 3 heterocycles. The van der Waals surface area contributed by atoms with Crippen LogP contribution in [0, 0.1) is 24.2 Å². The second kappa shape index (κ2) is 9.82. The smallest absolute Gasteiger partial charge is 0.167 e. The molecule has 1 atom stereocenters. The number of nitriles is 1. The first-order valence-electron chi connectivity index (χ1n) is 13.6. The number of rotatable bonds is 6. The van der Waals surface area contributed by atoms with Crippen molar-refractivity contribution in [2.45, 2.75) is 77.2 Å².